The third-order valence-corrected chi connectivity index (χ3v) is 3.52. The summed E-state index contributed by atoms with van der Waals surface area (Å²) in [7, 11) is 0. The van der Waals surface area contributed by atoms with Crippen molar-refractivity contribution >= 4 is 5.91 Å². The topological polar surface area (TPSA) is 55.1 Å². The largest absolute Gasteiger partial charge is 0.349 e. The Morgan fingerprint density at radius 3 is 2.47 bits per heavy atom. The standard InChI is InChI=1S/C13H15F3N2O/c14-9-4-8(5-10(15)12(9)16)13(19)18-11-3-1-2-7(11)6-17/h4-5,7,11H,1-3,6,17H2,(H,18,19). The molecule has 0 aliphatic heterocycles. The monoisotopic (exact) mass is 272 g/mol. The van der Waals surface area contributed by atoms with E-state index in [4.69, 9.17) is 5.73 Å². The molecule has 0 bridgehead atoms. The first-order chi connectivity index (χ1) is 9.02. The molecule has 19 heavy (non-hydrogen) atoms. The normalized spacial score (nSPS) is 22.5. The number of benzene rings is 1. The van der Waals surface area contributed by atoms with Crippen molar-refractivity contribution in [3.63, 3.8) is 0 Å². The van der Waals surface area contributed by atoms with Crippen LogP contribution in [0.1, 0.15) is 29.6 Å². The van der Waals surface area contributed by atoms with E-state index in [9.17, 15) is 18.0 Å². The minimum absolute atomic E-state index is 0.0892. The maximum atomic E-state index is 13.0. The fourth-order valence-corrected chi connectivity index (χ4v) is 2.45. The van der Waals surface area contributed by atoms with Crippen molar-refractivity contribution in [2.24, 2.45) is 11.7 Å². The average molecular weight is 272 g/mol. The van der Waals surface area contributed by atoms with Crippen LogP contribution in [-0.4, -0.2) is 18.5 Å². The highest BCUT2D eigenvalue weighted by Crippen LogP contribution is 2.25. The van der Waals surface area contributed by atoms with Gasteiger partial charge in [0.05, 0.1) is 0 Å². The number of nitrogens with two attached hydrogens (primary N) is 1. The molecule has 3 nitrogen and oxygen atoms in total. The number of carbonyl (C=O) groups is 1. The molecule has 1 aromatic rings. The minimum Gasteiger partial charge on any atom is -0.349 e. The van der Waals surface area contributed by atoms with Gasteiger partial charge in [0.2, 0.25) is 0 Å². The van der Waals surface area contributed by atoms with Crippen molar-refractivity contribution in [2.45, 2.75) is 25.3 Å². The van der Waals surface area contributed by atoms with E-state index in [2.05, 4.69) is 5.32 Å². The Labute approximate surface area is 109 Å². The van der Waals surface area contributed by atoms with Crippen LogP contribution in [-0.2, 0) is 0 Å². The van der Waals surface area contributed by atoms with E-state index in [0.717, 1.165) is 19.3 Å². The fourth-order valence-electron chi connectivity index (χ4n) is 2.45. The Hall–Kier alpha value is -1.56. The molecule has 2 atom stereocenters. The van der Waals surface area contributed by atoms with E-state index in [1.165, 1.54) is 0 Å². The molecule has 2 unspecified atom stereocenters. The van der Waals surface area contributed by atoms with Crippen molar-refractivity contribution in [1.82, 2.24) is 5.32 Å². The van der Waals surface area contributed by atoms with Crippen molar-refractivity contribution in [3.8, 4) is 0 Å². The van der Waals surface area contributed by atoms with Crippen LogP contribution < -0.4 is 11.1 Å². The van der Waals surface area contributed by atoms with E-state index in [1.807, 2.05) is 0 Å². The Balaban J connectivity index is 2.12. The summed E-state index contributed by atoms with van der Waals surface area (Å²) in [6.45, 7) is 0.455. The molecular weight excluding hydrogens is 257 g/mol. The van der Waals surface area contributed by atoms with Crippen LogP contribution >= 0.6 is 0 Å². The molecule has 0 radical (unpaired) electrons. The van der Waals surface area contributed by atoms with Crippen LogP contribution in [0.15, 0.2) is 12.1 Å². The predicted octanol–water partition coefficient (Wildman–Crippen LogP) is 1.96. The van der Waals surface area contributed by atoms with Crippen LogP contribution in [0.4, 0.5) is 13.2 Å². The van der Waals surface area contributed by atoms with E-state index in [0.29, 0.717) is 18.7 Å². The molecule has 2 rings (SSSR count). The van der Waals surface area contributed by atoms with Gasteiger partial charge in [-0.2, -0.15) is 0 Å². The molecule has 1 amide bonds. The third-order valence-electron chi connectivity index (χ3n) is 3.52. The summed E-state index contributed by atoms with van der Waals surface area (Å²) < 4.78 is 38.9. The maximum absolute atomic E-state index is 13.0. The van der Waals surface area contributed by atoms with E-state index >= 15 is 0 Å². The molecule has 6 heteroatoms. The Morgan fingerprint density at radius 1 is 1.26 bits per heavy atom. The maximum Gasteiger partial charge on any atom is 0.251 e. The van der Waals surface area contributed by atoms with Gasteiger partial charge in [0.25, 0.3) is 5.91 Å². The van der Waals surface area contributed by atoms with E-state index < -0.39 is 23.4 Å². The van der Waals surface area contributed by atoms with Crippen molar-refractivity contribution in [1.29, 1.82) is 0 Å². The first-order valence-electron chi connectivity index (χ1n) is 6.18. The van der Waals surface area contributed by atoms with Gasteiger partial charge in [0.1, 0.15) is 0 Å². The second kappa shape index (κ2) is 5.61. The molecular formula is C13H15F3N2O. The van der Waals surface area contributed by atoms with Crippen LogP contribution in [0.5, 0.6) is 0 Å². The SMILES string of the molecule is NCC1CCCC1NC(=O)c1cc(F)c(F)c(F)c1. The lowest BCUT2D eigenvalue weighted by atomic mass is 10.0. The number of amides is 1. The van der Waals surface area contributed by atoms with Gasteiger partial charge in [0, 0.05) is 11.6 Å². The van der Waals surface area contributed by atoms with Gasteiger partial charge in [-0.05, 0) is 37.4 Å². The molecule has 1 saturated carbocycles. The zero-order valence-corrected chi connectivity index (χ0v) is 10.3. The van der Waals surface area contributed by atoms with E-state index in [-0.39, 0.29) is 17.5 Å². The van der Waals surface area contributed by atoms with Crippen molar-refractivity contribution in [3.05, 3.63) is 35.1 Å². The molecule has 1 aliphatic carbocycles. The highest BCUT2D eigenvalue weighted by Gasteiger charge is 2.28. The molecule has 1 aliphatic rings. The first kappa shape index (κ1) is 13.9. The number of hydrogen-bond donors (Lipinski definition) is 2. The molecule has 1 aromatic carbocycles. The summed E-state index contributed by atoms with van der Waals surface area (Å²) >= 11 is 0. The fraction of sp³-hybridized carbons (Fsp3) is 0.462. The third kappa shape index (κ3) is 2.89. The van der Waals surface area contributed by atoms with E-state index in [1.54, 1.807) is 0 Å². The Bertz CT molecular complexity index is 470. The number of rotatable bonds is 3. The van der Waals surface area contributed by atoms with Gasteiger partial charge in [-0.15, -0.1) is 0 Å². The number of carbonyl (C=O) groups excluding carboxylic acids is 1. The summed E-state index contributed by atoms with van der Waals surface area (Å²) in [6.07, 6.45) is 2.67. The molecule has 0 aromatic heterocycles. The minimum atomic E-state index is -1.57. The second-order valence-electron chi connectivity index (χ2n) is 4.76. The highest BCUT2D eigenvalue weighted by molar-refractivity contribution is 5.94. The molecule has 104 valence electrons. The van der Waals surface area contributed by atoms with Gasteiger partial charge >= 0.3 is 0 Å². The van der Waals surface area contributed by atoms with Gasteiger partial charge < -0.3 is 11.1 Å². The Morgan fingerprint density at radius 2 is 1.89 bits per heavy atom. The van der Waals surface area contributed by atoms with Gasteiger partial charge in [-0.1, -0.05) is 6.42 Å². The van der Waals surface area contributed by atoms with Gasteiger partial charge in [0.15, 0.2) is 17.5 Å². The molecule has 1 fully saturated rings. The number of nitrogens with one attached hydrogen (secondary N) is 1. The second-order valence-corrected chi connectivity index (χ2v) is 4.76. The van der Waals surface area contributed by atoms with Crippen molar-refractivity contribution in [2.75, 3.05) is 6.54 Å². The lowest BCUT2D eigenvalue weighted by Gasteiger charge is -2.19. The molecule has 3 N–H and O–H groups in total. The summed E-state index contributed by atoms with van der Waals surface area (Å²) in [5.74, 6) is -4.74. The van der Waals surface area contributed by atoms with Crippen molar-refractivity contribution < 1.29 is 18.0 Å². The van der Waals surface area contributed by atoms with Gasteiger partial charge in [-0.3, -0.25) is 4.79 Å². The average Bonchev–Trinajstić information content (AvgIpc) is 2.82. The zero-order chi connectivity index (χ0) is 14.0. The molecule has 0 saturated heterocycles. The zero-order valence-electron chi connectivity index (χ0n) is 10.3. The quantitative estimate of drug-likeness (QED) is 0.826. The summed E-state index contributed by atoms with van der Waals surface area (Å²) in [5, 5.41) is 2.70. The smallest absolute Gasteiger partial charge is 0.251 e. The number of halogens is 3. The highest BCUT2D eigenvalue weighted by atomic mass is 19.2. The summed E-state index contributed by atoms with van der Waals surface area (Å²) in [6, 6.07) is 1.30. The van der Waals surface area contributed by atoms with Crippen LogP contribution in [0.3, 0.4) is 0 Å². The molecule has 0 heterocycles. The summed E-state index contributed by atoms with van der Waals surface area (Å²) in [5.41, 5.74) is 5.36. The lowest BCUT2D eigenvalue weighted by Crippen LogP contribution is -2.39. The van der Waals surface area contributed by atoms with Crippen LogP contribution in [0.2, 0.25) is 0 Å². The van der Waals surface area contributed by atoms with Gasteiger partial charge in [-0.25, -0.2) is 13.2 Å². The van der Waals surface area contributed by atoms with Crippen LogP contribution in [0, 0.1) is 23.4 Å². The lowest BCUT2D eigenvalue weighted by molar-refractivity contribution is 0.0927. The Kier molecular flexibility index (Phi) is 4.09. The molecule has 0 spiro atoms. The van der Waals surface area contributed by atoms with Crippen LogP contribution in [0.25, 0.3) is 0 Å². The first-order valence-corrected chi connectivity index (χ1v) is 6.18. The summed E-state index contributed by atoms with van der Waals surface area (Å²) in [4.78, 5) is 11.9. The number of hydrogen-bond acceptors (Lipinski definition) is 2. The predicted molar refractivity (Wildman–Crippen MR) is 64.0 cm³/mol.